The molecule has 1 heterocycles. The molecule has 1 aromatic carbocycles. The molecule has 0 aliphatic heterocycles. The van der Waals surface area contributed by atoms with Crippen LogP contribution in [-0.4, -0.2) is 4.98 Å². The van der Waals surface area contributed by atoms with E-state index in [2.05, 4.69) is 34.6 Å². The number of benzene rings is 1. The number of hydrogen-bond acceptors (Lipinski definition) is 2. The van der Waals surface area contributed by atoms with Gasteiger partial charge in [-0.15, -0.1) is 11.6 Å². The van der Waals surface area contributed by atoms with Crippen LogP contribution in [0.2, 0.25) is 0 Å². The number of halogens is 1. The fraction of sp³-hybridized carbons (Fsp3) is 0.154. The number of rotatable bonds is 4. The molecule has 0 spiro atoms. The summed E-state index contributed by atoms with van der Waals surface area (Å²) in [5.74, 6) is 0.568. The molecule has 1 aromatic heterocycles. The highest BCUT2D eigenvalue weighted by molar-refractivity contribution is 6.17. The summed E-state index contributed by atoms with van der Waals surface area (Å²) in [6.45, 7) is 0.812. The van der Waals surface area contributed by atoms with Crippen molar-refractivity contribution < 1.29 is 0 Å². The van der Waals surface area contributed by atoms with Crippen molar-refractivity contribution >= 4 is 17.3 Å². The van der Waals surface area contributed by atoms with Gasteiger partial charge in [0.05, 0.1) is 0 Å². The van der Waals surface area contributed by atoms with Crippen molar-refractivity contribution in [3.05, 3.63) is 59.9 Å². The lowest BCUT2D eigenvalue weighted by molar-refractivity contribution is 1.14. The molecule has 0 unspecified atom stereocenters. The predicted molar refractivity (Wildman–Crippen MR) is 67.6 cm³/mol. The Morgan fingerprint density at radius 2 is 1.56 bits per heavy atom. The van der Waals surface area contributed by atoms with E-state index in [9.17, 15) is 0 Å². The van der Waals surface area contributed by atoms with Gasteiger partial charge in [-0.1, -0.05) is 24.3 Å². The van der Waals surface area contributed by atoms with Crippen molar-refractivity contribution in [3.63, 3.8) is 0 Å². The van der Waals surface area contributed by atoms with E-state index in [1.165, 1.54) is 5.56 Å². The van der Waals surface area contributed by atoms with Crippen molar-refractivity contribution in [1.82, 2.24) is 4.98 Å². The van der Waals surface area contributed by atoms with Crippen LogP contribution in [0.4, 0.5) is 5.69 Å². The van der Waals surface area contributed by atoms with Crippen LogP contribution >= 0.6 is 11.6 Å². The summed E-state index contributed by atoms with van der Waals surface area (Å²) in [6.07, 6.45) is 3.55. The van der Waals surface area contributed by atoms with E-state index in [1.807, 2.05) is 12.1 Å². The predicted octanol–water partition coefficient (Wildman–Crippen LogP) is 3.43. The lowest BCUT2D eigenvalue weighted by Crippen LogP contribution is -1.99. The lowest BCUT2D eigenvalue weighted by Gasteiger charge is -2.06. The Kier molecular flexibility index (Phi) is 3.78. The fourth-order valence-corrected chi connectivity index (χ4v) is 1.60. The molecule has 1 N–H and O–H groups in total. The van der Waals surface area contributed by atoms with Crippen LogP contribution in [0.5, 0.6) is 0 Å². The van der Waals surface area contributed by atoms with Gasteiger partial charge in [0.25, 0.3) is 0 Å². The van der Waals surface area contributed by atoms with Gasteiger partial charge in [0.1, 0.15) is 0 Å². The zero-order valence-electron chi connectivity index (χ0n) is 8.86. The average Bonchev–Trinajstić information content (AvgIpc) is 2.38. The van der Waals surface area contributed by atoms with Gasteiger partial charge in [0.15, 0.2) is 0 Å². The highest BCUT2D eigenvalue weighted by Crippen LogP contribution is 2.10. The van der Waals surface area contributed by atoms with Gasteiger partial charge < -0.3 is 5.32 Å². The summed E-state index contributed by atoms with van der Waals surface area (Å²) in [4.78, 5) is 3.97. The molecule has 0 bridgehead atoms. The highest BCUT2D eigenvalue weighted by atomic mass is 35.5. The Balaban J connectivity index is 1.94. The molecule has 2 aromatic rings. The van der Waals surface area contributed by atoms with Gasteiger partial charge in [-0.3, -0.25) is 4.98 Å². The molecule has 82 valence electrons. The lowest BCUT2D eigenvalue weighted by atomic mass is 10.1. The summed E-state index contributed by atoms with van der Waals surface area (Å²) in [5.41, 5.74) is 3.47. The largest absolute Gasteiger partial charge is 0.381 e. The van der Waals surface area contributed by atoms with Gasteiger partial charge in [-0.05, 0) is 23.3 Å². The summed E-state index contributed by atoms with van der Waals surface area (Å²) in [5, 5.41) is 3.33. The molecular formula is C13H13ClN2. The van der Waals surface area contributed by atoms with E-state index < -0.39 is 0 Å². The first-order chi connectivity index (χ1) is 7.88. The number of aromatic nitrogens is 1. The molecule has 2 rings (SSSR count). The van der Waals surface area contributed by atoms with Crippen LogP contribution in [-0.2, 0) is 12.4 Å². The van der Waals surface area contributed by atoms with Crippen molar-refractivity contribution in [1.29, 1.82) is 0 Å². The first-order valence-electron chi connectivity index (χ1n) is 5.16. The molecule has 0 aliphatic rings. The Hall–Kier alpha value is -1.54. The van der Waals surface area contributed by atoms with E-state index in [1.54, 1.807) is 12.4 Å². The SMILES string of the molecule is ClCc1ccc(CNc2ccncc2)cc1. The normalized spacial score (nSPS) is 10.1. The minimum absolute atomic E-state index is 0.568. The Bertz CT molecular complexity index is 425. The molecule has 0 fully saturated rings. The van der Waals surface area contributed by atoms with Gasteiger partial charge in [-0.25, -0.2) is 0 Å². The van der Waals surface area contributed by atoms with Crippen molar-refractivity contribution in [3.8, 4) is 0 Å². The molecule has 0 radical (unpaired) electrons. The van der Waals surface area contributed by atoms with E-state index >= 15 is 0 Å². The molecule has 0 aliphatic carbocycles. The molecule has 16 heavy (non-hydrogen) atoms. The third-order valence-electron chi connectivity index (χ3n) is 2.35. The maximum atomic E-state index is 5.73. The molecule has 3 heteroatoms. The zero-order valence-corrected chi connectivity index (χ0v) is 9.61. The van der Waals surface area contributed by atoms with Crippen LogP contribution in [0.15, 0.2) is 48.8 Å². The minimum atomic E-state index is 0.568. The number of anilines is 1. The monoisotopic (exact) mass is 232 g/mol. The second-order valence-electron chi connectivity index (χ2n) is 3.54. The first kappa shape index (κ1) is 11.0. The standard InChI is InChI=1S/C13H13ClN2/c14-9-11-1-3-12(4-2-11)10-16-13-5-7-15-8-6-13/h1-8H,9-10H2,(H,15,16). The minimum Gasteiger partial charge on any atom is -0.381 e. The highest BCUT2D eigenvalue weighted by Gasteiger charge is 1.94. The first-order valence-corrected chi connectivity index (χ1v) is 5.69. The molecule has 0 amide bonds. The van der Waals surface area contributed by atoms with Gasteiger partial charge in [0.2, 0.25) is 0 Å². The molecule has 0 atom stereocenters. The number of pyridine rings is 1. The Morgan fingerprint density at radius 3 is 2.19 bits per heavy atom. The number of hydrogen-bond donors (Lipinski definition) is 1. The zero-order chi connectivity index (χ0) is 11.2. The molecule has 0 saturated heterocycles. The Morgan fingerprint density at radius 1 is 0.938 bits per heavy atom. The maximum Gasteiger partial charge on any atom is 0.0474 e. The average molecular weight is 233 g/mol. The van der Waals surface area contributed by atoms with Gasteiger partial charge in [0, 0.05) is 30.5 Å². The second-order valence-corrected chi connectivity index (χ2v) is 3.81. The second kappa shape index (κ2) is 5.52. The van der Waals surface area contributed by atoms with E-state index in [4.69, 9.17) is 11.6 Å². The third kappa shape index (κ3) is 2.97. The van der Waals surface area contributed by atoms with Gasteiger partial charge in [-0.2, -0.15) is 0 Å². The van der Waals surface area contributed by atoms with E-state index in [-0.39, 0.29) is 0 Å². The summed E-state index contributed by atoms with van der Waals surface area (Å²) < 4.78 is 0. The maximum absolute atomic E-state index is 5.73. The Labute approximate surface area is 100 Å². The summed E-state index contributed by atoms with van der Waals surface area (Å²) >= 11 is 5.73. The van der Waals surface area contributed by atoms with Crippen molar-refractivity contribution in [2.24, 2.45) is 0 Å². The smallest absolute Gasteiger partial charge is 0.0474 e. The van der Waals surface area contributed by atoms with Crippen LogP contribution in [0.25, 0.3) is 0 Å². The molecule has 0 saturated carbocycles. The fourth-order valence-electron chi connectivity index (χ4n) is 1.42. The number of nitrogens with one attached hydrogen (secondary N) is 1. The van der Waals surface area contributed by atoms with Crippen molar-refractivity contribution in [2.75, 3.05) is 5.32 Å². The van der Waals surface area contributed by atoms with Crippen LogP contribution in [0.1, 0.15) is 11.1 Å². The van der Waals surface area contributed by atoms with Crippen molar-refractivity contribution in [2.45, 2.75) is 12.4 Å². The number of alkyl halides is 1. The van der Waals surface area contributed by atoms with Crippen LogP contribution in [0.3, 0.4) is 0 Å². The summed E-state index contributed by atoms with van der Waals surface area (Å²) in [7, 11) is 0. The van der Waals surface area contributed by atoms with Crippen LogP contribution in [0, 0.1) is 0 Å². The van der Waals surface area contributed by atoms with Gasteiger partial charge >= 0.3 is 0 Å². The van der Waals surface area contributed by atoms with Crippen LogP contribution < -0.4 is 5.32 Å². The topological polar surface area (TPSA) is 24.9 Å². The van der Waals surface area contributed by atoms with E-state index in [0.717, 1.165) is 17.8 Å². The summed E-state index contributed by atoms with van der Waals surface area (Å²) in [6, 6.07) is 12.2. The quantitative estimate of drug-likeness (QED) is 0.817. The van der Waals surface area contributed by atoms with E-state index in [0.29, 0.717) is 5.88 Å². The molecular weight excluding hydrogens is 220 g/mol. The molecule has 2 nitrogen and oxygen atoms in total. The number of nitrogens with zero attached hydrogens (tertiary/aromatic N) is 1. The third-order valence-corrected chi connectivity index (χ3v) is 2.66.